The normalized spacial score (nSPS) is 10.4. The molecule has 0 unspecified atom stereocenters. The average molecular weight is 392 g/mol. The summed E-state index contributed by atoms with van der Waals surface area (Å²) < 4.78 is 4.99. The van der Waals surface area contributed by atoms with Gasteiger partial charge >= 0.3 is 5.97 Å². The minimum atomic E-state index is -0.580. The molecule has 0 bridgehead atoms. The van der Waals surface area contributed by atoms with Crippen LogP contribution in [0, 0.1) is 13.8 Å². The Kier molecular flexibility index (Phi) is 6.45. The Bertz CT molecular complexity index is 973. The molecule has 3 rings (SSSR count). The van der Waals surface area contributed by atoms with E-state index >= 15 is 0 Å². The third-order valence-corrected chi connectivity index (χ3v) is 5.08. The van der Waals surface area contributed by atoms with Crippen molar-refractivity contribution >= 4 is 29.3 Å². The van der Waals surface area contributed by atoms with E-state index in [2.05, 4.69) is 42.3 Å². The molecule has 1 aromatic heterocycles. The largest absolute Gasteiger partial charge is 0.452 e. The lowest BCUT2D eigenvalue weighted by Gasteiger charge is -2.08. The number of esters is 1. The van der Waals surface area contributed by atoms with Crippen molar-refractivity contribution in [3.05, 3.63) is 83.7 Å². The van der Waals surface area contributed by atoms with Crippen molar-refractivity contribution < 1.29 is 14.3 Å². The number of carbonyl (C=O) groups excluding carboxylic acids is 2. The van der Waals surface area contributed by atoms with Crippen LogP contribution in [0.1, 0.15) is 21.5 Å². The summed E-state index contributed by atoms with van der Waals surface area (Å²) in [4.78, 5) is 29.9. The highest BCUT2D eigenvalue weighted by molar-refractivity contribution is 7.99. The topological polar surface area (TPSA) is 68.3 Å². The second-order valence-electron chi connectivity index (χ2n) is 6.24. The summed E-state index contributed by atoms with van der Waals surface area (Å²) in [7, 11) is 0. The molecule has 1 amide bonds. The summed E-state index contributed by atoms with van der Waals surface area (Å²) in [6, 6.07) is 17.1. The van der Waals surface area contributed by atoms with Gasteiger partial charge in [-0.05, 0) is 73.5 Å². The predicted molar refractivity (Wildman–Crippen MR) is 110 cm³/mol. The van der Waals surface area contributed by atoms with Gasteiger partial charge in [-0.1, -0.05) is 17.8 Å². The van der Waals surface area contributed by atoms with Crippen molar-refractivity contribution in [2.24, 2.45) is 0 Å². The van der Waals surface area contributed by atoms with Crippen LogP contribution in [0.4, 0.5) is 5.69 Å². The number of anilines is 1. The molecule has 1 heterocycles. The molecule has 6 heteroatoms. The van der Waals surface area contributed by atoms with E-state index in [4.69, 9.17) is 4.74 Å². The first-order valence-electron chi connectivity index (χ1n) is 8.73. The van der Waals surface area contributed by atoms with Gasteiger partial charge in [0.1, 0.15) is 0 Å². The Labute approximate surface area is 168 Å². The molecular weight excluding hydrogens is 372 g/mol. The Morgan fingerprint density at radius 1 is 1.00 bits per heavy atom. The molecule has 0 spiro atoms. The fraction of sp³-hybridized carbons (Fsp3) is 0.136. The van der Waals surface area contributed by atoms with E-state index in [9.17, 15) is 9.59 Å². The number of pyridine rings is 1. The zero-order chi connectivity index (χ0) is 19.9. The molecule has 1 N–H and O–H groups in total. The fourth-order valence-corrected chi connectivity index (χ4v) is 3.33. The molecule has 0 fully saturated rings. The number of rotatable bonds is 6. The van der Waals surface area contributed by atoms with Crippen molar-refractivity contribution in [3.8, 4) is 0 Å². The number of hydrogen-bond acceptors (Lipinski definition) is 5. The summed E-state index contributed by atoms with van der Waals surface area (Å²) >= 11 is 1.66. The van der Waals surface area contributed by atoms with Gasteiger partial charge in [-0.3, -0.25) is 9.78 Å². The number of hydrogen-bond donors (Lipinski definition) is 1. The van der Waals surface area contributed by atoms with Crippen molar-refractivity contribution in [1.82, 2.24) is 4.98 Å². The molecule has 0 aliphatic carbocycles. The van der Waals surface area contributed by atoms with Crippen LogP contribution < -0.4 is 5.32 Å². The highest BCUT2D eigenvalue weighted by Gasteiger charge is 2.10. The number of aromatic nitrogens is 1. The van der Waals surface area contributed by atoms with Crippen molar-refractivity contribution in [3.63, 3.8) is 0 Å². The minimum Gasteiger partial charge on any atom is -0.452 e. The lowest BCUT2D eigenvalue weighted by Crippen LogP contribution is -2.20. The zero-order valence-corrected chi connectivity index (χ0v) is 16.5. The second-order valence-corrected chi connectivity index (χ2v) is 7.39. The predicted octanol–water partition coefficient (Wildman–Crippen LogP) is 4.65. The molecule has 28 heavy (non-hydrogen) atoms. The van der Waals surface area contributed by atoms with E-state index in [-0.39, 0.29) is 6.61 Å². The molecule has 142 valence electrons. The zero-order valence-electron chi connectivity index (χ0n) is 15.6. The van der Waals surface area contributed by atoms with E-state index in [1.54, 1.807) is 30.1 Å². The first kappa shape index (κ1) is 19.6. The molecule has 0 saturated carbocycles. The average Bonchev–Trinajstić information content (AvgIpc) is 2.71. The SMILES string of the molecule is Cc1ccc(Sc2ccc(NC(=O)COC(=O)c3cccnc3)cc2)cc1C. The van der Waals surface area contributed by atoms with Crippen molar-refractivity contribution in [1.29, 1.82) is 0 Å². The molecule has 0 aliphatic heterocycles. The molecule has 0 atom stereocenters. The quantitative estimate of drug-likeness (QED) is 0.619. The maximum atomic E-state index is 12.0. The standard InChI is InChI=1S/C22H20N2O3S/c1-15-5-8-20(12-16(15)2)28-19-9-6-18(7-10-19)24-21(25)14-27-22(26)17-4-3-11-23-13-17/h3-13H,14H2,1-2H3,(H,24,25). The van der Waals surface area contributed by atoms with Gasteiger partial charge in [0.25, 0.3) is 5.91 Å². The smallest absolute Gasteiger partial charge is 0.340 e. The van der Waals surface area contributed by atoms with E-state index in [0.29, 0.717) is 11.3 Å². The molecule has 0 aliphatic rings. The van der Waals surface area contributed by atoms with Crippen LogP contribution in [0.25, 0.3) is 0 Å². The van der Waals surface area contributed by atoms with E-state index in [0.717, 1.165) is 4.90 Å². The van der Waals surface area contributed by atoms with Crippen LogP contribution in [0.2, 0.25) is 0 Å². The minimum absolute atomic E-state index is 0.308. The van der Waals surface area contributed by atoms with Gasteiger partial charge in [0.05, 0.1) is 5.56 Å². The first-order chi connectivity index (χ1) is 13.5. The van der Waals surface area contributed by atoms with Gasteiger partial charge in [0.2, 0.25) is 0 Å². The monoisotopic (exact) mass is 392 g/mol. The van der Waals surface area contributed by atoms with E-state index < -0.39 is 11.9 Å². The molecule has 3 aromatic rings. The van der Waals surface area contributed by atoms with E-state index in [1.807, 2.05) is 24.3 Å². The third-order valence-electron chi connectivity index (χ3n) is 4.08. The number of ether oxygens (including phenoxy) is 1. The summed E-state index contributed by atoms with van der Waals surface area (Å²) in [6.45, 7) is 3.83. The summed E-state index contributed by atoms with van der Waals surface area (Å²) in [5.41, 5.74) is 3.48. The van der Waals surface area contributed by atoms with Crippen LogP contribution in [0.5, 0.6) is 0 Å². The Balaban J connectivity index is 1.51. The summed E-state index contributed by atoms with van der Waals surface area (Å²) in [6.07, 6.45) is 2.96. The van der Waals surface area contributed by atoms with Crippen molar-refractivity contribution in [2.75, 3.05) is 11.9 Å². The molecule has 0 radical (unpaired) electrons. The number of nitrogens with one attached hydrogen (secondary N) is 1. The van der Waals surface area contributed by atoms with Gasteiger partial charge in [-0.15, -0.1) is 0 Å². The molecule has 0 saturated heterocycles. The Morgan fingerprint density at radius 3 is 2.43 bits per heavy atom. The second kappa shape index (κ2) is 9.19. The van der Waals surface area contributed by atoms with Gasteiger partial charge in [0, 0.05) is 27.9 Å². The number of aryl methyl sites for hydroxylation is 2. The highest BCUT2D eigenvalue weighted by atomic mass is 32.2. The van der Waals surface area contributed by atoms with Crippen LogP contribution in [0.15, 0.2) is 76.8 Å². The molecule has 2 aromatic carbocycles. The lowest BCUT2D eigenvalue weighted by atomic mass is 10.1. The van der Waals surface area contributed by atoms with Crippen LogP contribution in [0.3, 0.4) is 0 Å². The fourth-order valence-electron chi connectivity index (χ4n) is 2.41. The van der Waals surface area contributed by atoms with Gasteiger partial charge in [0.15, 0.2) is 6.61 Å². The highest BCUT2D eigenvalue weighted by Crippen LogP contribution is 2.29. The lowest BCUT2D eigenvalue weighted by molar-refractivity contribution is -0.119. The van der Waals surface area contributed by atoms with Crippen molar-refractivity contribution in [2.45, 2.75) is 23.6 Å². The van der Waals surface area contributed by atoms with Crippen LogP contribution in [-0.2, 0) is 9.53 Å². The van der Waals surface area contributed by atoms with Gasteiger partial charge in [-0.2, -0.15) is 0 Å². The van der Waals surface area contributed by atoms with Gasteiger partial charge in [-0.25, -0.2) is 4.79 Å². The number of benzene rings is 2. The Morgan fingerprint density at radius 2 is 1.75 bits per heavy atom. The van der Waals surface area contributed by atoms with Gasteiger partial charge < -0.3 is 10.1 Å². The third kappa shape index (κ3) is 5.44. The van der Waals surface area contributed by atoms with E-state index in [1.165, 1.54) is 22.2 Å². The maximum absolute atomic E-state index is 12.0. The molecule has 5 nitrogen and oxygen atoms in total. The number of carbonyl (C=O) groups is 2. The Hall–Kier alpha value is -3.12. The van der Waals surface area contributed by atoms with Crippen LogP contribution >= 0.6 is 11.8 Å². The number of amides is 1. The van der Waals surface area contributed by atoms with Crippen LogP contribution in [-0.4, -0.2) is 23.5 Å². The number of nitrogens with zero attached hydrogens (tertiary/aromatic N) is 1. The maximum Gasteiger partial charge on any atom is 0.340 e. The first-order valence-corrected chi connectivity index (χ1v) is 9.55. The summed E-state index contributed by atoms with van der Waals surface area (Å²) in [5.74, 6) is -0.977. The summed E-state index contributed by atoms with van der Waals surface area (Å²) in [5, 5.41) is 2.72. The molecular formula is C22H20N2O3S.